The summed E-state index contributed by atoms with van der Waals surface area (Å²) in [6.07, 6.45) is 4.44. The van der Waals surface area contributed by atoms with Crippen LogP contribution in [0.15, 0.2) is 55.0 Å². The minimum atomic E-state index is -0.229. The molecular weight excluding hydrogens is 366 g/mol. The Morgan fingerprint density at radius 1 is 1.19 bits per heavy atom. The molecule has 0 unspecified atom stereocenters. The topological polar surface area (TPSA) is 75.6 Å². The molecule has 1 amide bonds. The van der Waals surface area contributed by atoms with E-state index in [1.54, 1.807) is 17.0 Å². The number of fused-ring (bicyclic) bond motifs is 1. The van der Waals surface area contributed by atoms with Crippen molar-refractivity contribution < 1.29 is 14.6 Å². The number of nitrogens with zero attached hydrogens (tertiary/aromatic N) is 3. The molecule has 0 bridgehead atoms. The maximum absolute atomic E-state index is 12.7. The normalized spacial score (nSPS) is 13.4. The van der Waals surface area contributed by atoms with E-state index in [1.807, 2.05) is 24.3 Å². The number of halogens is 1. The Morgan fingerprint density at radius 3 is 2.85 bits per heavy atom. The van der Waals surface area contributed by atoms with Crippen molar-refractivity contribution in [2.24, 2.45) is 0 Å². The summed E-state index contributed by atoms with van der Waals surface area (Å²) < 4.78 is 5.70. The van der Waals surface area contributed by atoms with Gasteiger partial charge < -0.3 is 14.7 Å². The molecule has 0 saturated carbocycles. The molecule has 2 heterocycles. The summed E-state index contributed by atoms with van der Waals surface area (Å²) in [5.41, 5.74) is 2.67. The third kappa shape index (κ3) is 3.57. The van der Waals surface area contributed by atoms with E-state index in [9.17, 15) is 9.90 Å². The third-order valence-electron chi connectivity index (χ3n) is 4.34. The molecule has 4 rings (SSSR count). The summed E-state index contributed by atoms with van der Waals surface area (Å²) in [5.74, 6) is 0.207. The second-order valence-electron chi connectivity index (χ2n) is 6.16. The van der Waals surface area contributed by atoms with Crippen LogP contribution in [-0.2, 0) is 6.54 Å². The number of carbonyl (C=O) groups is 1. The average Bonchev–Trinajstić information content (AvgIpc) is 2.91. The molecule has 1 aliphatic heterocycles. The summed E-state index contributed by atoms with van der Waals surface area (Å²) in [7, 11) is 0. The Balaban J connectivity index is 1.70. The van der Waals surface area contributed by atoms with Gasteiger partial charge >= 0.3 is 0 Å². The quantitative estimate of drug-likeness (QED) is 0.734. The fraction of sp³-hybridized carbons (Fsp3) is 0.150. The van der Waals surface area contributed by atoms with Crippen LogP contribution in [0.2, 0.25) is 5.02 Å². The van der Waals surface area contributed by atoms with E-state index >= 15 is 0 Å². The van der Waals surface area contributed by atoms with Crippen molar-refractivity contribution in [3.8, 4) is 22.6 Å². The van der Waals surface area contributed by atoms with E-state index in [4.69, 9.17) is 16.3 Å². The number of ether oxygens (including phenoxy) is 1. The molecule has 0 saturated heterocycles. The highest BCUT2D eigenvalue weighted by atomic mass is 35.5. The monoisotopic (exact) mass is 381 g/mol. The average molecular weight is 382 g/mol. The minimum Gasteiger partial charge on any atom is -0.504 e. The van der Waals surface area contributed by atoms with Crippen LogP contribution >= 0.6 is 11.6 Å². The molecule has 136 valence electrons. The third-order valence-corrected chi connectivity index (χ3v) is 4.58. The van der Waals surface area contributed by atoms with E-state index < -0.39 is 0 Å². The van der Waals surface area contributed by atoms with Crippen molar-refractivity contribution in [3.05, 3.63) is 71.3 Å². The van der Waals surface area contributed by atoms with Crippen molar-refractivity contribution in [3.63, 3.8) is 0 Å². The van der Waals surface area contributed by atoms with Gasteiger partial charge in [0, 0.05) is 29.5 Å². The molecular formula is C20H16ClN3O3. The summed E-state index contributed by atoms with van der Waals surface area (Å²) in [5, 5.41) is 11.1. The SMILES string of the molecule is O=C(c1cnccn1)N1CCOc2c(O)cc(-c3cccc(Cl)c3)cc2C1. The van der Waals surface area contributed by atoms with Gasteiger partial charge in [-0.1, -0.05) is 23.7 Å². The first-order valence-electron chi connectivity index (χ1n) is 8.42. The highest BCUT2D eigenvalue weighted by Gasteiger charge is 2.24. The number of aromatic nitrogens is 2. The Morgan fingerprint density at radius 2 is 2.07 bits per heavy atom. The molecule has 0 fully saturated rings. The highest BCUT2D eigenvalue weighted by molar-refractivity contribution is 6.30. The predicted molar refractivity (Wildman–Crippen MR) is 101 cm³/mol. The van der Waals surface area contributed by atoms with E-state index in [1.165, 1.54) is 18.6 Å². The molecule has 3 aromatic rings. The zero-order chi connectivity index (χ0) is 18.8. The van der Waals surface area contributed by atoms with Gasteiger partial charge in [0.25, 0.3) is 5.91 Å². The van der Waals surface area contributed by atoms with Gasteiger partial charge in [-0.15, -0.1) is 0 Å². The molecule has 27 heavy (non-hydrogen) atoms. The molecule has 0 spiro atoms. The zero-order valence-corrected chi connectivity index (χ0v) is 15.1. The van der Waals surface area contributed by atoms with Gasteiger partial charge in [0.1, 0.15) is 12.3 Å². The van der Waals surface area contributed by atoms with E-state index in [0.717, 1.165) is 16.7 Å². The van der Waals surface area contributed by atoms with E-state index in [-0.39, 0.29) is 24.0 Å². The predicted octanol–water partition coefficient (Wildman–Crippen LogP) is 3.54. The molecule has 1 N–H and O–H groups in total. The molecule has 0 aliphatic carbocycles. The minimum absolute atomic E-state index is 0.0382. The Kier molecular flexibility index (Phi) is 4.64. The van der Waals surface area contributed by atoms with Crippen LogP contribution in [0.1, 0.15) is 16.1 Å². The zero-order valence-electron chi connectivity index (χ0n) is 14.3. The molecule has 1 aromatic heterocycles. The number of phenols is 1. The molecule has 0 radical (unpaired) electrons. The van der Waals surface area contributed by atoms with Gasteiger partial charge in [-0.2, -0.15) is 0 Å². The summed E-state index contributed by atoms with van der Waals surface area (Å²) in [4.78, 5) is 22.4. The maximum Gasteiger partial charge on any atom is 0.274 e. The number of rotatable bonds is 2. The van der Waals surface area contributed by atoms with Crippen molar-refractivity contribution in [1.82, 2.24) is 14.9 Å². The number of hydrogen-bond acceptors (Lipinski definition) is 5. The van der Waals surface area contributed by atoms with Crippen LogP contribution in [0.5, 0.6) is 11.5 Å². The molecule has 7 heteroatoms. The maximum atomic E-state index is 12.7. The Bertz CT molecular complexity index is 995. The van der Waals surface area contributed by atoms with Gasteiger partial charge in [0.2, 0.25) is 0 Å². The lowest BCUT2D eigenvalue weighted by Crippen LogP contribution is -2.33. The van der Waals surface area contributed by atoms with Crippen LogP contribution in [0.3, 0.4) is 0 Å². The standard InChI is InChI=1S/C20H16ClN3O3/c21-16-3-1-2-13(9-16)14-8-15-12-24(6-7-27-19(15)18(25)10-14)20(26)17-11-22-4-5-23-17/h1-5,8-11,25H,6-7,12H2. The van der Waals surface area contributed by atoms with E-state index in [0.29, 0.717) is 23.9 Å². The second kappa shape index (κ2) is 7.25. The summed E-state index contributed by atoms with van der Waals surface area (Å²) >= 11 is 6.08. The lowest BCUT2D eigenvalue weighted by Gasteiger charge is -2.19. The summed E-state index contributed by atoms with van der Waals surface area (Å²) in [6.45, 7) is 0.964. The Labute approximate surface area is 161 Å². The number of amides is 1. The fourth-order valence-electron chi connectivity index (χ4n) is 3.08. The van der Waals surface area contributed by atoms with Crippen molar-refractivity contribution in [2.45, 2.75) is 6.54 Å². The van der Waals surface area contributed by atoms with E-state index in [2.05, 4.69) is 9.97 Å². The largest absolute Gasteiger partial charge is 0.504 e. The van der Waals surface area contributed by atoms with Crippen molar-refractivity contribution in [2.75, 3.05) is 13.2 Å². The number of benzene rings is 2. The first-order chi connectivity index (χ1) is 13.1. The lowest BCUT2D eigenvalue weighted by molar-refractivity contribution is 0.0726. The first-order valence-corrected chi connectivity index (χ1v) is 8.79. The first kappa shape index (κ1) is 17.3. The summed E-state index contributed by atoms with van der Waals surface area (Å²) in [6, 6.07) is 10.9. The van der Waals surface area contributed by atoms with Gasteiger partial charge in [0.05, 0.1) is 12.7 Å². The number of hydrogen-bond donors (Lipinski definition) is 1. The van der Waals surface area contributed by atoms with Gasteiger partial charge in [-0.05, 0) is 35.4 Å². The van der Waals surface area contributed by atoms with Crippen LogP contribution < -0.4 is 4.74 Å². The number of aromatic hydroxyl groups is 1. The van der Waals surface area contributed by atoms with Crippen molar-refractivity contribution >= 4 is 17.5 Å². The van der Waals surface area contributed by atoms with Crippen molar-refractivity contribution in [1.29, 1.82) is 0 Å². The van der Waals surface area contributed by atoms with Crippen LogP contribution in [0.25, 0.3) is 11.1 Å². The smallest absolute Gasteiger partial charge is 0.274 e. The van der Waals surface area contributed by atoms with Gasteiger partial charge in [-0.25, -0.2) is 4.98 Å². The number of carbonyl (C=O) groups excluding carboxylic acids is 1. The molecule has 0 atom stereocenters. The van der Waals surface area contributed by atoms with Crippen LogP contribution in [0.4, 0.5) is 0 Å². The fourth-order valence-corrected chi connectivity index (χ4v) is 3.27. The molecule has 6 nitrogen and oxygen atoms in total. The molecule has 2 aromatic carbocycles. The van der Waals surface area contributed by atoms with Gasteiger partial charge in [0.15, 0.2) is 11.5 Å². The Hall–Kier alpha value is -3.12. The molecule has 1 aliphatic rings. The number of phenolic OH excluding ortho intramolecular Hbond substituents is 1. The van der Waals surface area contributed by atoms with Crippen LogP contribution in [0, 0.1) is 0 Å². The highest BCUT2D eigenvalue weighted by Crippen LogP contribution is 2.38. The lowest BCUT2D eigenvalue weighted by atomic mass is 10.0. The van der Waals surface area contributed by atoms with Crippen LogP contribution in [-0.4, -0.2) is 39.0 Å². The van der Waals surface area contributed by atoms with Gasteiger partial charge in [-0.3, -0.25) is 9.78 Å². The second-order valence-corrected chi connectivity index (χ2v) is 6.60.